The van der Waals surface area contributed by atoms with Crippen molar-refractivity contribution in [2.75, 3.05) is 19.5 Å². The molecule has 0 radical (unpaired) electrons. The standard InChI is InChI=1S/C16H17NO2/c1-18-13-6-3-11(4-7-13)15-9-12-5-8-14(19-2)10-16(12)17-15/h3-8,10,15,17H,9H2,1-2H3. The summed E-state index contributed by atoms with van der Waals surface area (Å²) < 4.78 is 10.4. The van der Waals surface area contributed by atoms with Crippen LogP contribution in [-0.4, -0.2) is 14.2 Å². The fraction of sp³-hybridized carbons (Fsp3) is 0.250. The molecule has 3 nitrogen and oxygen atoms in total. The molecule has 0 fully saturated rings. The van der Waals surface area contributed by atoms with Gasteiger partial charge in [0.15, 0.2) is 0 Å². The lowest BCUT2D eigenvalue weighted by Gasteiger charge is -2.12. The minimum absolute atomic E-state index is 0.327. The van der Waals surface area contributed by atoms with Crippen molar-refractivity contribution in [3.63, 3.8) is 0 Å². The summed E-state index contributed by atoms with van der Waals surface area (Å²) in [4.78, 5) is 0. The van der Waals surface area contributed by atoms with Crippen molar-refractivity contribution in [1.29, 1.82) is 0 Å². The summed E-state index contributed by atoms with van der Waals surface area (Å²) in [6.45, 7) is 0. The number of benzene rings is 2. The molecular weight excluding hydrogens is 238 g/mol. The molecule has 0 amide bonds. The number of fused-ring (bicyclic) bond motifs is 1. The van der Waals surface area contributed by atoms with E-state index in [9.17, 15) is 0 Å². The lowest BCUT2D eigenvalue weighted by atomic mass is 10.0. The average molecular weight is 255 g/mol. The van der Waals surface area contributed by atoms with Gasteiger partial charge in [-0.25, -0.2) is 0 Å². The predicted octanol–water partition coefficient (Wildman–Crippen LogP) is 3.41. The van der Waals surface area contributed by atoms with E-state index in [0.717, 1.165) is 17.9 Å². The van der Waals surface area contributed by atoms with Gasteiger partial charge in [0.05, 0.1) is 20.3 Å². The van der Waals surface area contributed by atoms with Gasteiger partial charge in [-0.05, 0) is 35.7 Å². The van der Waals surface area contributed by atoms with Crippen molar-refractivity contribution in [3.8, 4) is 11.5 Å². The van der Waals surface area contributed by atoms with Gasteiger partial charge in [0.2, 0.25) is 0 Å². The van der Waals surface area contributed by atoms with E-state index in [0.29, 0.717) is 6.04 Å². The van der Waals surface area contributed by atoms with E-state index in [2.05, 4.69) is 29.6 Å². The predicted molar refractivity (Wildman–Crippen MR) is 76.1 cm³/mol. The summed E-state index contributed by atoms with van der Waals surface area (Å²) in [5, 5.41) is 3.54. The topological polar surface area (TPSA) is 30.5 Å². The molecule has 0 saturated heterocycles. The van der Waals surface area contributed by atoms with Crippen LogP contribution in [0.5, 0.6) is 11.5 Å². The minimum Gasteiger partial charge on any atom is -0.497 e. The highest BCUT2D eigenvalue weighted by atomic mass is 16.5. The van der Waals surface area contributed by atoms with Crippen LogP contribution in [0.25, 0.3) is 0 Å². The average Bonchev–Trinajstić information content (AvgIpc) is 2.90. The first kappa shape index (κ1) is 11.9. The second-order valence-electron chi connectivity index (χ2n) is 4.70. The molecule has 1 unspecified atom stereocenters. The van der Waals surface area contributed by atoms with E-state index < -0.39 is 0 Å². The molecule has 98 valence electrons. The normalized spacial score (nSPS) is 16.6. The number of methoxy groups -OCH3 is 2. The maximum absolute atomic E-state index is 5.25. The number of rotatable bonds is 3. The summed E-state index contributed by atoms with van der Waals surface area (Å²) in [7, 11) is 3.38. The molecule has 0 spiro atoms. The SMILES string of the molecule is COc1ccc(C2Cc3ccc(OC)cc3N2)cc1. The third-order valence-electron chi connectivity index (χ3n) is 3.59. The van der Waals surface area contributed by atoms with E-state index in [-0.39, 0.29) is 0 Å². The lowest BCUT2D eigenvalue weighted by molar-refractivity contribution is 0.414. The largest absolute Gasteiger partial charge is 0.497 e. The fourth-order valence-corrected chi connectivity index (χ4v) is 2.49. The molecule has 1 heterocycles. The first-order valence-electron chi connectivity index (χ1n) is 6.37. The molecule has 0 bridgehead atoms. The maximum atomic E-state index is 5.25. The van der Waals surface area contributed by atoms with Crippen LogP contribution < -0.4 is 14.8 Å². The highest BCUT2D eigenvalue weighted by molar-refractivity contribution is 5.61. The molecular formula is C16H17NO2. The van der Waals surface area contributed by atoms with Crippen LogP contribution in [0.3, 0.4) is 0 Å². The van der Waals surface area contributed by atoms with Crippen LogP contribution >= 0.6 is 0 Å². The second-order valence-corrected chi connectivity index (χ2v) is 4.70. The van der Waals surface area contributed by atoms with Crippen LogP contribution in [0.4, 0.5) is 5.69 Å². The number of anilines is 1. The molecule has 1 N–H and O–H groups in total. The number of ether oxygens (including phenoxy) is 2. The van der Waals surface area contributed by atoms with E-state index >= 15 is 0 Å². The van der Waals surface area contributed by atoms with E-state index in [4.69, 9.17) is 9.47 Å². The molecule has 0 aliphatic carbocycles. The van der Waals surface area contributed by atoms with Crippen molar-refractivity contribution in [2.45, 2.75) is 12.5 Å². The van der Waals surface area contributed by atoms with Crippen molar-refractivity contribution >= 4 is 5.69 Å². The van der Waals surface area contributed by atoms with Crippen molar-refractivity contribution < 1.29 is 9.47 Å². The van der Waals surface area contributed by atoms with Gasteiger partial charge in [-0.2, -0.15) is 0 Å². The second kappa shape index (κ2) is 4.84. The number of hydrogen-bond donors (Lipinski definition) is 1. The molecule has 1 aliphatic rings. The van der Waals surface area contributed by atoms with Gasteiger partial charge in [-0.1, -0.05) is 18.2 Å². The zero-order valence-corrected chi connectivity index (χ0v) is 11.1. The molecule has 1 atom stereocenters. The Labute approximate surface area is 113 Å². The van der Waals surface area contributed by atoms with Gasteiger partial charge >= 0.3 is 0 Å². The summed E-state index contributed by atoms with van der Waals surface area (Å²) >= 11 is 0. The Morgan fingerprint density at radius 3 is 2.32 bits per heavy atom. The Bertz CT molecular complexity index is 578. The smallest absolute Gasteiger partial charge is 0.120 e. The first-order valence-corrected chi connectivity index (χ1v) is 6.37. The van der Waals surface area contributed by atoms with E-state index in [1.54, 1.807) is 14.2 Å². The molecule has 2 aromatic carbocycles. The number of nitrogens with one attached hydrogen (secondary N) is 1. The number of hydrogen-bond acceptors (Lipinski definition) is 3. The van der Waals surface area contributed by atoms with Crippen LogP contribution in [0.1, 0.15) is 17.2 Å². The third-order valence-corrected chi connectivity index (χ3v) is 3.59. The van der Waals surface area contributed by atoms with Gasteiger partial charge in [-0.3, -0.25) is 0 Å². The molecule has 0 saturated carbocycles. The van der Waals surface area contributed by atoms with Gasteiger partial charge in [0.25, 0.3) is 0 Å². The van der Waals surface area contributed by atoms with Crippen LogP contribution in [-0.2, 0) is 6.42 Å². The zero-order valence-electron chi connectivity index (χ0n) is 11.1. The Morgan fingerprint density at radius 2 is 1.63 bits per heavy atom. The van der Waals surface area contributed by atoms with Crippen molar-refractivity contribution in [1.82, 2.24) is 0 Å². The highest BCUT2D eigenvalue weighted by Gasteiger charge is 2.22. The van der Waals surface area contributed by atoms with Crippen LogP contribution in [0, 0.1) is 0 Å². The van der Waals surface area contributed by atoms with Gasteiger partial charge < -0.3 is 14.8 Å². The van der Waals surface area contributed by atoms with E-state index in [1.807, 2.05) is 18.2 Å². The van der Waals surface area contributed by atoms with Crippen LogP contribution in [0.15, 0.2) is 42.5 Å². The Balaban J connectivity index is 1.82. The third kappa shape index (κ3) is 2.24. The molecule has 3 heteroatoms. The Kier molecular flexibility index (Phi) is 3.03. The Hall–Kier alpha value is -2.16. The monoisotopic (exact) mass is 255 g/mol. The van der Waals surface area contributed by atoms with Gasteiger partial charge in [0, 0.05) is 11.8 Å². The highest BCUT2D eigenvalue weighted by Crippen LogP contribution is 2.36. The molecule has 1 aliphatic heterocycles. The van der Waals surface area contributed by atoms with Crippen molar-refractivity contribution in [2.24, 2.45) is 0 Å². The van der Waals surface area contributed by atoms with Crippen LogP contribution in [0.2, 0.25) is 0 Å². The fourth-order valence-electron chi connectivity index (χ4n) is 2.49. The first-order chi connectivity index (χ1) is 9.30. The zero-order chi connectivity index (χ0) is 13.2. The quantitative estimate of drug-likeness (QED) is 0.911. The van der Waals surface area contributed by atoms with Gasteiger partial charge in [0.1, 0.15) is 11.5 Å². The maximum Gasteiger partial charge on any atom is 0.120 e. The summed E-state index contributed by atoms with van der Waals surface area (Å²) in [6.07, 6.45) is 1.01. The molecule has 2 aromatic rings. The summed E-state index contributed by atoms with van der Waals surface area (Å²) in [5.41, 5.74) is 3.78. The molecule has 3 rings (SSSR count). The minimum atomic E-state index is 0.327. The van der Waals surface area contributed by atoms with Crippen molar-refractivity contribution in [3.05, 3.63) is 53.6 Å². The van der Waals surface area contributed by atoms with E-state index in [1.165, 1.54) is 16.8 Å². The lowest BCUT2D eigenvalue weighted by Crippen LogP contribution is -2.05. The summed E-state index contributed by atoms with van der Waals surface area (Å²) in [6, 6.07) is 14.7. The Morgan fingerprint density at radius 1 is 0.947 bits per heavy atom. The van der Waals surface area contributed by atoms with Gasteiger partial charge in [-0.15, -0.1) is 0 Å². The molecule has 19 heavy (non-hydrogen) atoms. The molecule has 0 aromatic heterocycles. The summed E-state index contributed by atoms with van der Waals surface area (Å²) in [5.74, 6) is 1.78.